The number of hydrogen-bond donors (Lipinski definition) is 0. The van der Waals surface area contributed by atoms with Gasteiger partial charge in [-0.25, -0.2) is 0 Å². The van der Waals surface area contributed by atoms with Crippen LogP contribution < -0.4 is 5.11 Å². The van der Waals surface area contributed by atoms with Crippen molar-refractivity contribution in [2.24, 2.45) is 5.92 Å². The molecule has 1 rings (SSSR count). The van der Waals surface area contributed by atoms with Crippen molar-refractivity contribution >= 4 is 5.97 Å². The maximum atomic E-state index is 10.6. The molecule has 0 saturated heterocycles. The van der Waals surface area contributed by atoms with E-state index in [1.54, 1.807) is 0 Å². The number of carboxylic acids is 1. The van der Waals surface area contributed by atoms with Crippen LogP contribution in [-0.2, 0) is 4.79 Å². The molecule has 1 atom stereocenters. The molecule has 0 bridgehead atoms. The van der Waals surface area contributed by atoms with E-state index in [0.717, 1.165) is 12.8 Å². The first kappa shape index (κ1) is 12.3. The Balaban J connectivity index is 2.17. The van der Waals surface area contributed by atoms with Crippen LogP contribution in [0, 0.1) is 5.92 Å². The Morgan fingerprint density at radius 1 is 1.47 bits per heavy atom. The second-order valence-electron chi connectivity index (χ2n) is 4.51. The normalized spacial score (nSPS) is 21.1. The lowest BCUT2D eigenvalue weighted by atomic mass is 9.86. The summed E-state index contributed by atoms with van der Waals surface area (Å²) in [5.74, 6) is -0.260. The Morgan fingerprint density at radius 2 is 2.27 bits per heavy atom. The predicted molar refractivity (Wildman–Crippen MR) is 59.2 cm³/mol. The third-order valence-electron chi connectivity index (χ3n) is 3.25. The maximum absolute atomic E-state index is 10.6. The number of carbonyl (C=O) groups excluding carboxylic acids is 1. The molecule has 1 aliphatic rings. The van der Waals surface area contributed by atoms with E-state index in [0.29, 0.717) is 17.9 Å². The fraction of sp³-hybridized carbons (Fsp3) is 0.769. The fourth-order valence-electron chi connectivity index (χ4n) is 2.20. The Kier molecular flexibility index (Phi) is 5.44. The van der Waals surface area contributed by atoms with Gasteiger partial charge in [0.05, 0.1) is 5.97 Å². The molecule has 0 heterocycles. The minimum Gasteiger partial charge on any atom is -0.545 e. The molecule has 0 fully saturated rings. The molecule has 2 nitrogen and oxygen atoms in total. The maximum Gasteiger partial charge on any atom is 0.0671 e. The standard InChI is InChI=1S/C13H22O2/c1-2-3-4-5-6-11-7-9-12(10-8-11)13(14)15/h9,11H,2-8,10H2,1H3,(H,14,15)/p-1/t11-/m0/s1. The molecule has 0 aromatic rings. The average Bonchev–Trinajstić information content (AvgIpc) is 2.25. The van der Waals surface area contributed by atoms with Gasteiger partial charge in [-0.05, 0) is 30.8 Å². The molecule has 0 N–H and O–H groups in total. The Hall–Kier alpha value is -0.790. The first-order valence-electron chi connectivity index (χ1n) is 6.14. The van der Waals surface area contributed by atoms with Crippen LogP contribution >= 0.6 is 0 Å². The summed E-state index contributed by atoms with van der Waals surface area (Å²) in [5, 5.41) is 10.6. The highest BCUT2D eigenvalue weighted by molar-refractivity contribution is 5.84. The van der Waals surface area contributed by atoms with Crippen molar-refractivity contribution < 1.29 is 9.90 Å². The van der Waals surface area contributed by atoms with Gasteiger partial charge in [0, 0.05) is 0 Å². The molecular formula is C13H21O2-. The molecule has 0 amide bonds. The quantitative estimate of drug-likeness (QED) is 0.630. The van der Waals surface area contributed by atoms with E-state index < -0.39 is 5.97 Å². The number of hydrogen-bond acceptors (Lipinski definition) is 2. The van der Waals surface area contributed by atoms with Crippen molar-refractivity contribution in [3.63, 3.8) is 0 Å². The predicted octanol–water partition coefficient (Wildman–Crippen LogP) is 2.43. The van der Waals surface area contributed by atoms with Gasteiger partial charge in [0.15, 0.2) is 0 Å². The summed E-state index contributed by atoms with van der Waals surface area (Å²) < 4.78 is 0. The van der Waals surface area contributed by atoms with Crippen LogP contribution in [0.2, 0.25) is 0 Å². The largest absolute Gasteiger partial charge is 0.545 e. The minimum absolute atomic E-state index is 0.514. The van der Waals surface area contributed by atoms with Crippen molar-refractivity contribution in [3.8, 4) is 0 Å². The van der Waals surface area contributed by atoms with Crippen LogP contribution in [0.1, 0.15) is 58.3 Å². The summed E-state index contributed by atoms with van der Waals surface area (Å²) in [7, 11) is 0. The minimum atomic E-state index is -0.973. The van der Waals surface area contributed by atoms with E-state index >= 15 is 0 Å². The van der Waals surface area contributed by atoms with Crippen molar-refractivity contribution in [2.45, 2.75) is 58.3 Å². The molecular weight excluding hydrogens is 188 g/mol. The van der Waals surface area contributed by atoms with Crippen molar-refractivity contribution in [2.75, 3.05) is 0 Å². The monoisotopic (exact) mass is 209 g/mol. The Labute approximate surface area is 92.4 Å². The van der Waals surface area contributed by atoms with Gasteiger partial charge in [0.25, 0.3) is 0 Å². The molecule has 0 unspecified atom stereocenters. The third kappa shape index (κ3) is 4.50. The zero-order valence-electron chi connectivity index (χ0n) is 9.63. The topological polar surface area (TPSA) is 40.1 Å². The Morgan fingerprint density at radius 3 is 2.80 bits per heavy atom. The molecule has 0 aromatic carbocycles. The highest BCUT2D eigenvalue weighted by atomic mass is 16.4. The third-order valence-corrected chi connectivity index (χ3v) is 3.25. The van der Waals surface area contributed by atoms with E-state index in [1.807, 2.05) is 6.08 Å². The lowest BCUT2D eigenvalue weighted by molar-refractivity contribution is -0.299. The van der Waals surface area contributed by atoms with Gasteiger partial charge in [0.1, 0.15) is 0 Å². The number of carboxylic acid groups (broad SMARTS) is 1. The molecule has 1 aliphatic carbocycles. The molecule has 0 aliphatic heterocycles. The summed E-state index contributed by atoms with van der Waals surface area (Å²) in [4.78, 5) is 10.6. The van der Waals surface area contributed by atoms with Crippen LogP contribution in [0.25, 0.3) is 0 Å². The van der Waals surface area contributed by atoms with Crippen molar-refractivity contribution in [3.05, 3.63) is 11.6 Å². The zero-order chi connectivity index (χ0) is 11.1. The second-order valence-corrected chi connectivity index (χ2v) is 4.51. The van der Waals surface area contributed by atoms with Crippen LogP contribution in [0.5, 0.6) is 0 Å². The molecule has 86 valence electrons. The smallest absolute Gasteiger partial charge is 0.0671 e. The van der Waals surface area contributed by atoms with E-state index in [-0.39, 0.29) is 0 Å². The second kappa shape index (κ2) is 6.65. The molecule has 0 spiro atoms. The van der Waals surface area contributed by atoms with Gasteiger partial charge < -0.3 is 9.90 Å². The summed E-state index contributed by atoms with van der Waals surface area (Å²) in [6.45, 7) is 2.22. The van der Waals surface area contributed by atoms with Crippen LogP contribution in [-0.4, -0.2) is 5.97 Å². The van der Waals surface area contributed by atoms with Crippen LogP contribution in [0.4, 0.5) is 0 Å². The molecule has 0 radical (unpaired) electrons. The lowest BCUT2D eigenvalue weighted by Crippen LogP contribution is -2.26. The van der Waals surface area contributed by atoms with Crippen molar-refractivity contribution in [1.29, 1.82) is 0 Å². The summed E-state index contributed by atoms with van der Waals surface area (Å²) in [6, 6.07) is 0. The lowest BCUT2D eigenvalue weighted by Gasteiger charge is -2.22. The number of unbranched alkanes of at least 4 members (excludes halogenated alkanes) is 3. The van der Waals surface area contributed by atoms with Gasteiger partial charge in [-0.2, -0.15) is 0 Å². The van der Waals surface area contributed by atoms with E-state index in [1.165, 1.54) is 32.1 Å². The average molecular weight is 209 g/mol. The van der Waals surface area contributed by atoms with Gasteiger partial charge in [0.2, 0.25) is 0 Å². The number of allylic oxidation sites excluding steroid dienone is 1. The summed E-state index contributed by atoms with van der Waals surface area (Å²) in [5.41, 5.74) is 0.514. The van der Waals surface area contributed by atoms with E-state index in [4.69, 9.17) is 0 Å². The zero-order valence-corrected chi connectivity index (χ0v) is 9.63. The fourth-order valence-corrected chi connectivity index (χ4v) is 2.20. The molecule has 0 saturated carbocycles. The molecule has 2 heteroatoms. The van der Waals surface area contributed by atoms with Gasteiger partial charge in [-0.3, -0.25) is 0 Å². The molecule has 15 heavy (non-hydrogen) atoms. The molecule has 0 aromatic heterocycles. The number of rotatable bonds is 6. The van der Waals surface area contributed by atoms with Crippen LogP contribution in [0.3, 0.4) is 0 Å². The van der Waals surface area contributed by atoms with Crippen LogP contribution in [0.15, 0.2) is 11.6 Å². The first-order valence-corrected chi connectivity index (χ1v) is 6.14. The number of aliphatic carboxylic acids is 1. The van der Waals surface area contributed by atoms with Gasteiger partial charge >= 0.3 is 0 Å². The first-order chi connectivity index (χ1) is 7.24. The SMILES string of the molecule is CCCCCC[C@H]1CC=C(C(=O)[O-])CC1. The number of carbonyl (C=O) groups is 1. The summed E-state index contributed by atoms with van der Waals surface area (Å²) in [6.07, 6.45) is 11.0. The Bertz CT molecular complexity index is 231. The van der Waals surface area contributed by atoms with E-state index in [9.17, 15) is 9.90 Å². The highest BCUT2D eigenvalue weighted by Gasteiger charge is 2.14. The van der Waals surface area contributed by atoms with Crippen molar-refractivity contribution in [1.82, 2.24) is 0 Å². The summed E-state index contributed by atoms with van der Waals surface area (Å²) >= 11 is 0. The highest BCUT2D eigenvalue weighted by Crippen LogP contribution is 2.27. The van der Waals surface area contributed by atoms with Gasteiger partial charge in [-0.15, -0.1) is 0 Å². The van der Waals surface area contributed by atoms with E-state index in [2.05, 4.69) is 6.92 Å². The van der Waals surface area contributed by atoms with Gasteiger partial charge in [-0.1, -0.05) is 45.1 Å².